The Labute approximate surface area is 194 Å². The normalized spacial score (nSPS) is 12.7. The number of rotatable bonds is 9. The fourth-order valence-corrected chi connectivity index (χ4v) is 3.32. The van der Waals surface area contributed by atoms with E-state index in [0.29, 0.717) is 12.0 Å². The van der Waals surface area contributed by atoms with E-state index in [-0.39, 0.29) is 22.9 Å². The molecule has 6 N–H and O–H groups in total. The second-order valence-electron chi connectivity index (χ2n) is 6.35. The molecular weight excluding hydrogens is 481 g/mol. The van der Waals surface area contributed by atoms with Gasteiger partial charge in [0.05, 0.1) is 22.7 Å². The van der Waals surface area contributed by atoms with Crippen molar-refractivity contribution in [2.75, 3.05) is 15.4 Å². The summed E-state index contributed by atoms with van der Waals surface area (Å²) >= 11 is 9.28. The maximum Gasteiger partial charge on any atom is 0.357 e. The average Bonchev–Trinajstić information content (AvgIpc) is 2.72. The van der Waals surface area contributed by atoms with E-state index in [1.807, 2.05) is 4.72 Å². The summed E-state index contributed by atoms with van der Waals surface area (Å²) in [6, 6.07) is 11.6. The molecule has 14 heteroatoms. The zero-order valence-corrected chi connectivity index (χ0v) is 18.8. The highest BCUT2D eigenvalue weighted by atomic mass is 32.2. The molecule has 0 bridgehead atoms. The van der Waals surface area contributed by atoms with E-state index in [9.17, 15) is 22.4 Å². The van der Waals surface area contributed by atoms with Crippen molar-refractivity contribution >= 4 is 69.5 Å². The van der Waals surface area contributed by atoms with Crippen LogP contribution in [0.15, 0.2) is 48.5 Å². The number of benzene rings is 2. The summed E-state index contributed by atoms with van der Waals surface area (Å²) in [6.07, 6.45) is 0.330. The van der Waals surface area contributed by atoms with E-state index in [1.54, 1.807) is 6.07 Å². The molecule has 32 heavy (non-hydrogen) atoms. The van der Waals surface area contributed by atoms with Gasteiger partial charge in [-0.1, -0.05) is 12.1 Å². The van der Waals surface area contributed by atoms with Crippen LogP contribution in [0.25, 0.3) is 0 Å². The zero-order chi connectivity index (χ0) is 23.7. The van der Waals surface area contributed by atoms with Gasteiger partial charge in [-0.25, -0.2) is 4.39 Å². The molecule has 2 aromatic carbocycles. The number of anilines is 3. The molecule has 0 aliphatic rings. The Hall–Kier alpha value is -2.94. The molecule has 0 heterocycles. The molecule has 2 aromatic rings. The van der Waals surface area contributed by atoms with Gasteiger partial charge < -0.3 is 15.4 Å². The zero-order valence-electron chi connectivity index (χ0n) is 16.3. The predicted molar refractivity (Wildman–Crippen MR) is 126 cm³/mol. The summed E-state index contributed by atoms with van der Waals surface area (Å²) in [6.45, 7) is 0. The summed E-state index contributed by atoms with van der Waals surface area (Å²) in [7, 11) is -4.39. The highest BCUT2D eigenvalue weighted by molar-refractivity contribution is 7.87. The number of aldehydes is 1. The number of hydrogen-bond acceptors (Lipinski definition) is 7. The first kappa shape index (κ1) is 25.3. The van der Waals surface area contributed by atoms with Gasteiger partial charge in [-0.2, -0.15) is 21.0 Å². The van der Waals surface area contributed by atoms with E-state index >= 15 is 0 Å². The van der Waals surface area contributed by atoms with Crippen LogP contribution in [0.5, 0.6) is 0 Å². The summed E-state index contributed by atoms with van der Waals surface area (Å²) in [5.41, 5.74) is 5.48. The minimum absolute atomic E-state index is 0.0507. The first-order valence-corrected chi connectivity index (χ1v) is 11.3. The number of amides is 1. The lowest BCUT2D eigenvalue weighted by atomic mass is 10.1. The van der Waals surface area contributed by atoms with Crippen molar-refractivity contribution in [2.24, 2.45) is 5.92 Å². The van der Waals surface area contributed by atoms with E-state index in [2.05, 4.69) is 34.1 Å². The first-order valence-electron chi connectivity index (χ1n) is 8.93. The molecule has 0 aliphatic heterocycles. The van der Waals surface area contributed by atoms with E-state index in [4.69, 9.17) is 16.8 Å². The van der Waals surface area contributed by atoms with Crippen molar-refractivity contribution in [2.45, 2.75) is 11.8 Å². The molecule has 1 amide bonds. The van der Waals surface area contributed by atoms with Crippen LogP contribution in [-0.4, -0.2) is 35.7 Å². The number of thiocarbonyl (C=S) groups is 1. The van der Waals surface area contributed by atoms with Gasteiger partial charge in [0.15, 0.2) is 5.11 Å². The fourth-order valence-electron chi connectivity index (χ4n) is 2.40. The number of carbonyl (C=O) groups is 2. The van der Waals surface area contributed by atoms with Gasteiger partial charge in [0.1, 0.15) is 12.1 Å². The van der Waals surface area contributed by atoms with Crippen molar-refractivity contribution in [3.63, 3.8) is 0 Å². The van der Waals surface area contributed by atoms with Crippen molar-refractivity contribution in [3.05, 3.63) is 54.3 Å². The molecule has 2 atom stereocenters. The molecule has 0 fully saturated rings. The highest BCUT2D eigenvalue weighted by Gasteiger charge is 2.21. The number of thiol groups is 1. The summed E-state index contributed by atoms with van der Waals surface area (Å²) in [4.78, 5) is 23.6. The molecule has 0 radical (unpaired) electrons. The third-order valence-electron chi connectivity index (χ3n) is 3.89. The van der Waals surface area contributed by atoms with Gasteiger partial charge in [0, 0.05) is 12.1 Å². The van der Waals surface area contributed by atoms with Gasteiger partial charge in [-0.05, 0) is 48.6 Å². The van der Waals surface area contributed by atoms with Gasteiger partial charge in [0.2, 0.25) is 5.91 Å². The second kappa shape index (κ2) is 11.6. The molecule has 0 aromatic heterocycles. The Morgan fingerprint density at radius 2 is 1.75 bits per heavy atom. The van der Waals surface area contributed by atoms with Crippen LogP contribution >= 0.6 is 24.8 Å². The number of hydrazine groups is 1. The van der Waals surface area contributed by atoms with Crippen molar-refractivity contribution in [3.8, 4) is 0 Å². The average molecular weight is 502 g/mol. The second-order valence-corrected chi connectivity index (χ2v) is 8.47. The fraction of sp³-hybridized carbons (Fsp3) is 0.167. The molecule has 2 unspecified atom stereocenters. The largest absolute Gasteiger partial charge is 0.373 e. The van der Waals surface area contributed by atoms with Gasteiger partial charge in [0.25, 0.3) is 0 Å². The van der Waals surface area contributed by atoms with Crippen LogP contribution in [0.4, 0.5) is 21.5 Å². The van der Waals surface area contributed by atoms with Crippen molar-refractivity contribution in [1.29, 1.82) is 0 Å². The van der Waals surface area contributed by atoms with Gasteiger partial charge >= 0.3 is 10.3 Å². The maximum absolute atomic E-state index is 13.6. The standard InChI is InChI=1S/C18H20FN5O5S3/c19-14-3-1-2-4-15(14)21-18(31)23-22-16(26)9-11(10-25)17(30)20-12-5-7-13(8-6-12)24-32(27,28)29/h1-8,10-11,17,20,24,30H,9H2,(H,22,26)(H2,21,23,31)(H,27,28,29). The number of nitrogens with one attached hydrogen (secondary N) is 5. The lowest BCUT2D eigenvalue weighted by Gasteiger charge is -2.21. The van der Waals surface area contributed by atoms with Crippen molar-refractivity contribution < 1.29 is 27.0 Å². The van der Waals surface area contributed by atoms with Crippen LogP contribution < -0.4 is 26.2 Å². The Kier molecular flexibility index (Phi) is 9.19. The molecule has 172 valence electrons. The quantitative estimate of drug-likeness (QED) is 0.0683. The van der Waals surface area contributed by atoms with E-state index in [1.165, 1.54) is 42.5 Å². The summed E-state index contributed by atoms with van der Waals surface area (Å²) < 4.78 is 45.9. The number of halogens is 1. The topological polar surface area (TPSA) is 149 Å². The highest BCUT2D eigenvalue weighted by Crippen LogP contribution is 2.20. The Balaban J connectivity index is 1.83. The van der Waals surface area contributed by atoms with Gasteiger partial charge in [-0.15, -0.1) is 0 Å². The Bertz CT molecular complexity index is 1070. The van der Waals surface area contributed by atoms with Crippen molar-refractivity contribution in [1.82, 2.24) is 10.9 Å². The summed E-state index contributed by atoms with van der Waals surface area (Å²) in [5.74, 6) is -1.91. The predicted octanol–water partition coefficient (Wildman–Crippen LogP) is 1.93. The Morgan fingerprint density at radius 1 is 1.12 bits per heavy atom. The minimum atomic E-state index is -4.39. The van der Waals surface area contributed by atoms with Crippen LogP contribution in [0.1, 0.15) is 6.42 Å². The number of para-hydroxylation sites is 1. The van der Waals surface area contributed by atoms with Crippen LogP contribution in [0.3, 0.4) is 0 Å². The third kappa shape index (κ3) is 8.66. The lowest BCUT2D eigenvalue weighted by Crippen LogP contribution is -2.45. The lowest BCUT2D eigenvalue weighted by molar-refractivity contribution is -0.124. The van der Waals surface area contributed by atoms with E-state index < -0.39 is 33.3 Å². The number of hydrogen-bond donors (Lipinski definition) is 7. The maximum atomic E-state index is 13.6. The van der Waals surface area contributed by atoms with Crippen LogP contribution in [-0.2, 0) is 19.9 Å². The monoisotopic (exact) mass is 501 g/mol. The molecule has 0 saturated carbocycles. The minimum Gasteiger partial charge on any atom is -0.373 e. The Morgan fingerprint density at radius 3 is 2.34 bits per heavy atom. The van der Waals surface area contributed by atoms with E-state index in [0.717, 1.165) is 0 Å². The summed E-state index contributed by atoms with van der Waals surface area (Å²) in [5, 5.41) is 4.69. The SMILES string of the molecule is O=CC(CC(=O)NNC(=S)Nc1ccccc1F)C(S)Nc1ccc(NS(=O)(=O)O)cc1. The molecule has 2 rings (SSSR count). The van der Waals surface area contributed by atoms with Crippen LogP contribution in [0.2, 0.25) is 0 Å². The molecule has 0 saturated heterocycles. The molecule has 10 nitrogen and oxygen atoms in total. The van der Waals surface area contributed by atoms with Gasteiger partial charge in [-0.3, -0.25) is 24.9 Å². The molecule has 0 aliphatic carbocycles. The van der Waals surface area contributed by atoms with Crippen LogP contribution in [0, 0.1) is 11.7 Å². The molecule has 0 spiro atoms. The molecular formula is C18H20FN5O5S3. The third-order valence-corrected chi connectivity index (χ3v) is 5.10. The number of carbonyl (C=O) groups excluding carboxylic acids is 2. The smallest absolute Gasteiger partial charge is 0.357 e. The first-order chi connectivity index (χ1) is 15.1.